The van der Waals surface area contributed by atoms with Gasteiger partial charge in [-0.25, -0.2) is 0 Å². The summed E-state index contributed by atoms with van der Waals surface area (Å²) >= 11 is 1.37. The first kappa shape index (κ1) is 18.5. The molecule has 1 atom stereocenters. The highest BCUT2D eigenvalue weighted by Crippen LogP contribution is 2.34. The Hall–Kier alpha value is -2.28. The smallest absolute Gasteiger partial charge is 0.229 e. The lowest BCUT2D eigenvalue weighted by Crippen LogP contribution is -2.24. The standard InChI is InChI=1S/C19H24N4O2S/c1-4-13(5-2)17(25)20-19-22-21-18(26-19)14-10-16(24)23(11-14)15-8-6-7-12(3)9-15/h6-9,13-14H,4-5,10-11H2,1-3H3,(H,20,22,25). The van der Waals surface area contributed by atoms with Gasteiger partial charge in [0.2, 0.25) is 16.9 Å². The molecule has 1 aliphatic rings. The molecule has 2 heterocycles. The van der Waals surface area contributed by atoms with Crippen LogP contribution in [0.3, 0.4) is 0 Å². The second kappa shape index (κ2) is 7.95. The van der Waals surface area contributed by atoms with Crippen molar-refractivity contribution in [1.82, 2.24) is 10.2 Å². The van der Waals surface area contributed by atoms with Crippen LogP contribution in [0.4, 0.5) is 10.8 Å². The maximum absolute atomic E-state index is 12.4. The molecule has 0 aliphatic carbocycles. The lowest BCUT2D eigenvalue weighted by molar-refractivity contribution is -0.120. The van der Waals surface area contributed by atoms with Crippen molar-refractivity contribution in [2.24, 2.45) is 5.92 Å². The number of hydrogen-bond donors (Lipinski definition) is 1. The number of carbonyl (C=O) groups is 2. The van der Waals surface area contributed by atoms with E-state index in [2.05, 4.69) is 15.5 Å². The van der Waals surface area contributed by atoms with Gasteiger partial charge < -0.3 is 10.2 Å². The molecule has 6 nitrogen and oxygen atoms in total. The van der Waals surface area contributed by atoms with Gasteiger partial charge in [-0.05, 0) is 37.5 Å². The van der Waals surface area contributed by atoms with Crippen LogP contribution < -0.4 is 10.2 Å². The Morgan fingerprint density at radius 3 is 2.81 bits per heavy atom. The predicted molar refractivity (Wildman–Crippen MR) is 104 cm³/mol. The van der Waals surface area contributed by atoms with Gasteiger partial charge in [0.05, 0.1) is 0 Å². The molecular weight excluding hydrogens is 348 g/mol. The summed E-state index contributed by atoms with van der Waals surface area (Å²) in [6.45, 7) is 6.62. The number of anilines is 2. The van der Waals surface area contributed by atoms with Crippen LogP contribution in [0, 0.1) is 12.8 Å². The summed E-state index contributed by atoms with van der Waals surface area (Å²) in [7, 11) is 0. The van der Waals surface area contributed by atoms with E-state index in [-0.39, 0.29) is 23.7 Å². The molecule has 0 bridgehead atoms. The van der Waals surface area contributed by atoms with Crippen molar-refractivity contribution in [3.63, 3.8) is 0 Å². The van der Waals surface area contributed by atoms with E-state index in [1.807, 2.05) is 49.9 Å². The van der Waals surface area contributed by atoms with Gasteiger partial charge in [-0.1, -0.05) is 37.3 Å². The Labute approximate surface area is 157 Å². The number of rotatable bonds is 6. The third-order valence-corrected chi connectivity index (χ3v) is 5.82. The quantitative estimate of drug-likeness (QED) is 0.838. The van der Waals surface area contributed by atoms with Crippen LogP contribution in [0.15, 0.2) is 24.3 Å². The Morgan fingerprint density at radius 1 is 1.35 bits per heavy atom. The molecular formula is C19H24N4O2S. The van der Waals surface area contributed by atoms with E-state index < -0.39 is 0 Å². The zero-order chi connectivity index (χ0) is 18.7. The number of carbonyl (C=O) groups excluding carboxylic acids is 2. The fourth-order valence-corrected chi connectivity index (χ4v) is 4.07. The summed E-state index contributed by atoms with van der Waals surface area (Å²) in [5.41, 5.74) is 2.05. The zero-order valence-corrected chi connectivity index (χ0v) is 16.2. The van der Waals surface area contributed by atoms with Crippen molar-refractivity contribution >= 4 is 34.0 Å². The molecule has 7 heteroatoms. The highest BCUT2D eigenvalue weighted by Gasteiger charge is 2.34. The molecule has 26 heavy (non-hydrogen) atoms. The van der Waals surface area contributed by atoms with Crippen molar-refractivity contribution in [3.8, 4) is 0 Å². The molecule has 3 rings (SSSR count). The Kier molecular flexibility index (Phi) is 5.66. The largest absolute Gasteiger partial charge is 0.312 e. The number of amides is 2. The maximum atomic E-state index is 12.4. The molecule has 1 aromatic heterocycles. The fourth-order valence-electron chi connectivity index (χ4n) is 3.24. The first-order chi connectivity index (χ1) is 12.5. The second-order valence-electron chi connectivity index (χ2n) is 6.69. The minimum Gasteiger partial charge on any atom is -0.312 e. The molecule has 2 aromatic rings. The summed E-state index contributed by atoms with van der Waals surface area (Å²) in [5, 5.41) is 12.5. The van der Waals surface area contributed by atoms with Gasteiger partial charge in [0.1, 0.15) is 5.01 Å². The van der Waals surface area contributed by atoms with Crippen LogP contribution in [-0.2, 0) is 9.59 Å². The Morgan fingerprint density at radius 2 is 2.12 bits per heavy atom. The third kappa shape index (κ3) is 3.93. The molecule has 0 saturated carbocycles. The normalized spacial score (nSPS) is 17.2. The van der Waals surface area contributed by atoms with E-state index in [4.69, 9.17) is 0 Å². The van der Waals surface area contributed by atoms with Gasteiger partial charge in [0.15, 0.2) is 0 Å². The highest BCUT2D eigenvalue weighted by atomic mass is 32.1. The monoisotopic (exact) mass is 372 g/mol. The summed E-state index contributed by atoms with van der Waals surface area (Å²) in [6.07, 6.45) is 2.02. The predicted octanol–water partition coefficient (Wildman–Crippen LogP) is 3.74. The van der Waals surface area contributed by atoms with E-state index in [1.165, 1.54) is 11.3 Å². The van der Waals surface area contributed by atoms with Crippen LogP contribution in [0.25, 0.3) is 0 Å². The van der Waals surface area contributed by atoms with Crippen LogP contribution in [0.2, 0.25) is 0 Å². The minimum absolute atomic E-state index is 0.00720. The van der Waals surface area contributed by atoms with E-state index in [9.17, 15) is 9.59 Å². The van der Waals surface area contributed by atoms with Crippen LogP contribution in [0.1, 0.15) is 49.6 Å². The number of aromatic nitrogens is 2. The Balaban J connectivity index is 1.68. The summed E-state index contributed by atoms with van der Waals surface area (Å²) in [4.78, 5) is 26.4. The number of nitrogens with zero attached hydrogens (tertiary/aromatic N) is 3. The second-order valence-corrected chi connectivity index (χ2v) is 7.70. The van der Waals surface area contributed by atoms with Crippen molar-refractivity contribution < 1.29 is 9.59 Å². The highest BCUT2D eigenvalue weighted by molar-refractivity contribution is 7.15. The average molecular weight is 372 g/mol. The van der Waals surface area contributed by atoms with Crippen LogP contribution in [-0.4, -0.2) is 28.6 Å². The van der Waals surface area contributed by atoms with Crippen molar-refractivity contribution in [2.75, 3.05) is 16.8 Å². The lowest BCUT2D eigenvalue weighted by atomic mass is 10.0. The van der Waals surface area contributed by atoms with Crippen LogP contribution >= 0.6 is 11.3 Å². The van der Waals surface area contributed by atoms with Gasteiger partial charge in [-0.15, -0.1) is 10.2 Å². The fraction of sp³-hybridized carbons (Fsp3) is 0.474. The summed E-state index contributed by atoms with van der Waals surface area (Å²) in [6, 6.07) is 7.94. The molecule has 1 saturated heterocycles. The molecule has 0 spiro atoms. The van der Waals surface area contributed by atoms with E-state index in [0.717, 1.165) is 29.1 Å². The summed E-state index contributed by atoms with van der Waals surface area (Å²) in [5.74, 6) is 0.0894. The lowest BCUT2D eigenvalue weighted by Gasteiger charge is -2.16. The van der Waals surface area contributed by atoms with E-state index in [1.54, 1.807) is 0 Å². The molecule has 1 aromatic carbocycles. The van der Waals surface area contributed by atoms with Gasteiger partial charge >= 0.3 is 0 Å². The van der Waals surface area contributed by atoms with Gasteiger partial charge in [0.25, 0.3) is 0 Å². The SMILES string of the molecule is CCC(CC)C(=O)Nc1nnc(C2CC(=O)N(c3cccc(C)c3)C2)s1. The molecule has 0 radical (unpaired) electrons. The zero-order valence-electron chi connectivity index (χ0n) is 15.4. The molecule has 1 fully saturated rings. The van der Waals surface area contributed by atoms with Crippen molar-refractivity contribution in [1.29, 1.82) is 0 Å². The Bertz CT molecular complexity index is 800. The van der Waals surface area contributed by atoms with Gasteiger partial charge in [-0.3, -0.25) is 9.59 Å². The molecule has 1 unspecified atom stereocenters. The number of benzene rings is 1. The van der Waals surface area contributed by atoms with Gasteiger partial charge in [0, 0.05) is 30.5 Å². The molecule has 138 valence electrons. The first-order valence-electron chi connectivity index (χ1n) is 9.03. The van der Waals surface area contributed by atoms with E-state index >= 15 is 0 Å². The third-order valence-electron chi connectivity index (χ3n) is 4.81. The number of aryl methyl sites for hydroxylation is 1. The van der Waals surface area contributed by atoms with Crippen LogP contribution in [0.5, 0.6) is 0 Å². The molecule has 1 aliphatic heterocycles. The van der Waals surface area contributed by atoms with Crippen molar-refractivity contribution in [3.05, 3.63) is 34.8 Å². The van der Waals surface area contributed by atoms with E-state index in [0.29, 0.717) is 18.1 Å². The number of nitrogens with one attached hydrogen (secondary N) is 1. The number of hydrogen-bond acceptors (Lipinski definition) is 5. The summed E-state index contributed by atoms with van der Waals surface area (Å²) < 4.78 is 0. The van der Waals surface area contributed by atoms with Gasteiger partial charge in [-0.2, -0.15) is 0 Å². The molecule has 1 N–H and O–H groups in total. The maximum Gasteiger partial charge on any atom is 0.229 e. The average Bonchev–Trinajstić information content (AvgIpc) is 3.22. The molecule has 2 amide bonds. The first-order valence-corrected chi connectivity index (χ1v) is 9.84. The minimum atomic E-state index is -0.0124. The van der Waals surface area contributed by atoms with Crippen molar-refractivity contribution in [2.45, 2.75) is 46.0 Å². The topological polar surface area (TPSA) is 75.2 Å².